The third-order valence-corrected chi connectivity index (χ3v) is 10.6. The van der Waals surface area contributed by atoms with E-state index in [0.29, 0.717) is 0 Å². The SMILES string of the molecule is CC1(C)c2ccccc2-c2ccc(N(c3ccccc3)c3cc(-c4ccccc4)cc4c3oc3c5ccccc5c5ccccc5c43)cc21. The Bertz CT molecular complexity index is 2740. The molecule has 0 saturated carbocycles. The lowest BCUT2D eigenvalue weighted by molar-refractivity contribution is 0.660. The Balaban J connectivity index is 1.33. The predicted octanol–water partition coefficient (Wildman–Crippen LogP) is 13.3. The average molecular weight is 628 g/mol. The highest BCUT2D eigenvalue weighted by Gasteiger charge is 2.36. The molecule has 232 valence electrons. The fourth-order valence-corrected chi connectivity index (χ4v) is 8.29. The number of para-hydroxylation sites is 1. The lowest BCUT2D eigenvalue weighted by Gasteiger charge is -2.28. The maximum atomic E-state index is 7.16. The van der Waals surface area contributed by atoms with Crippen LogP contribution in [0.2, 0.25) is 0 Å². The first kappa shape index (κ1) is 27.9. The molecule has 0 radical (unpaired) electrons. The summed E-state index contributed by atoms with van der Waals surface area (Å²) in [6, 6.07) is 59.3. The van der Waals surface area contributed by atoms with E-state index in [1.165, 1.54) is 44.0 Å². The Hall–Kier alpha value is -6.12. The first-order valence-electron chi connectivity index (χ1n) is 17.0. The standard InChI is InChI=1S/C47H33NO/c1-47(2)41-24-14-13-21-36(41)37-26-25-33(29-42(37)47)48(32-17-7-4-8-18-32)43-28-31(30-15-5-3-6-16-30)27-40-44-38-22-11-9-19-34(38)35-20-10-12-23-39(35)46(44)49-45(40)43/h3-29H,1-2H3. The molecule has 8 aromatic carbocycles. The van der Waals surface area contributed by atoms with Gasteiger partial charge in [0.1, 0.15) is 5.58 Å². The van der Waals surface area contributed by atoms with Crippen LogP contribution in [0.3, 0.4) is 0 Å². The highest BCUT2D eigenvalue weighted by molar-refractivity contribution is 6.31. The summed E-state index contributed by atoms with van der Waals surface area (Å²) in [4.78, 5) is 2.39. The molecule has 0 amide bonds. The van der Waals surface area contributed by atoms with Gasteiger partial charge < -0.3 is 9.32 Å². The van der Waals surface area contributed by atoms with Crippen LogP contribution < -0.4 is 4.90 Å². The van der Waals surface area contributed by atoms with Gasteiger partial charge in [0.25, 0.3) is 0 Å². The predicted molar refractivity (Wildman–Crippen MR) is 206 cm³/mol. The molecule has 9 aromatic rings. The molecule has 1 aliphatic rings. The molecule has 49 heavy (non-hydrogen) atoms. The Morgan fingerprint density at radius 3 is 1.82 bits per heavy atom. The van der Waals surface area contributed by atoms with Crippen molar-refractivity contribution in [3.8, 4) is 22.3 Å². The van der Waals surface area contributed by atoms with E-state index in [1.54, 1.807) is 0 Å². The molecule has 0 atom stereocenters. The summed E-state index contributed by atoms with van der Waals surface area (Å²) in [6.45, 7) is 4.69. The molecule has 0 N–H and O–H groups in total. The van der Waals surface area contributed by atoms with Crippen LogP contribution in [0.25, 0.3) is 65.7 Å². The topological polar surface area (TPSA) is 16.4 Å². The summed E-state index contributed by atoms with van der Waals surface area (Å²) in [5.74, 6) is 0. The van der Waals surface area contributed by atoms with Gasteiger partial charge >= 0.3 is 0 Å². The van der Waals surface area contributed by atoms with E-state index < -0.39 is 0 Å². The molecule has 0 fully saturated rings. The molecule has 10 rings (SSSR count). The first-order valence-corrected chi connectivity index (χ1v) is 17.0. The van der Waals surface area contributed by atoms with Crippen LogP contribution in [0.4, 0.5) is 17.1 Å². The van der Waals surface area contributed by atoms with Crippen LogP contribution in [-0.4, -0.2) is 0 Å². The quantitative estimate of drug-likeness (QED) is 0.181. The Morgan fingerprint density at radius 2 is 1.04 bits per heavy atom. The fraction of sp³-hybridized carbons (Fsp3) is 0.0638. The normalized spacial score (nSPS) is 13.3. The van der Waals surface area contributed by atoms with E-state index >= 15 is 0 Å². The molecular formula is C47H33NO. The largest absolute Gasteiger partial charge is 0.453 e. The van der Waals surface area contributed by atoms with Gasteiger partial charge in [0.2, 0.25) is 0 Å². The minimum Gasteiger partial charge on any atom is -0.453 e. The van der Waals surface area contributed by atoms with Crippen LogP contribution in [0.15, 0.2) is 168 Å². The number of nitrogens with zero attached hydrogens (tertiary/aromatic N) is 1. The van der Waals surface area contributed by atoms with Gasteiger partial charge in [-0.25, -0.2) is 0 Å². The van der Waals surface area contributed by atoms with Crippen molar-refractivity contribution >= 4 is 60.5 Å². The highest BCUT2D eigenvalue weighted by Crippen LogP contribution is 2.52. The monoisotopic (exact) mass is 627 g/mol. The maximum absolute atomic E-state index is 7.16. The maximum Gasteiger partial charge on any atom is 0.159 e. The van der Waals surface area contributed by atoms with E-state index in [2.05, 4.69) is 183 Å². The minimum atomic E-state index is -0.122. The zero-order valence-electron chi connectivity index (χ0n) is 27.4. The van der Waals surface area contributed by atoms with Gasteiger partial charge in [-0.15, -0.1) is 0 Å². The number of anilines is 3. The minimum absolute atomic E-state index is 0.122. The summed E-state index contributed by atoms with van der Waals surface area (Å²) < 4.78 is 7.16. The van der Waals surface area contributed by atoms with Crippen LogP contribution in [-0.2, 0) is 5.41 Å². The summed E-state index contributed by atoms with van der Waals surface area (Å²) in [7, 11) is 0. The lowest BCUT2D eigenvalue weighted by Crippen LogP contribution is -2.16. The number of rotatable bonds is 4. The van der Waals surface area contributed by atoms with E-state index in [1.807, 2.05) is 0 Å². The molecule has 0 bridgehead atoms. The summed E-state index contributed by atoms with van der Waals surface area (Å²) in [6.07, 6.45) is 0. The number of benzene rings is 8. The van der Waals surface area contributed by atoms with E-state index in [0.717, 1.165) is 50.0 Å². The molecule has 0 unspecified atom stereocenters. The third kappa shape index (κ3) is 4.07. The van der Waals surface area contributed by atoms with Crippen LogP contribution in [0.1, 0.15) is 25.0 Å². The molecule has 1 aliphatic carbocycles. The van der Waals surface area contributed by atoms with Crippen molar-refractivity contribution in [3.05, 3.63) is 175 Å². The van der Waals surface area contributed by atoms with E-state index in [4.69, 9.17) is 4.42 Å². The molecule has 0 spiro atoms. The average Bonchev–Trinajstić information content (AvgIpc) is 3.66. The first-order chi connectivity index (χ1) is 24.1. The Morgan fingerprint density at radius 1 is 0.429 bits per heavy atom. The Kier molecular flexibility index (Phi) is 5.95. The highest BCUT2D eigenvalue weighted by atomic mass is 16.3. The zero-order valence-corrected chi connectivity index (χ0v) is 27.4. The van der Waals surface area contributed by atoms with Gasteiger partial charge in [0.05, 0.1) is 5.69 Å². The number of furan rings is 1. The fourth-order valence-electron chi connectivity index (χ4n) is 8.29. The van der Waals surface area contributed by atoms with Crippen molar-refractivity contribution in [1.29, 1.82) is 0 Å². The van der Waals surface area contributed by atoms with Crippen molar-refractivity contribution in [2.75, 3.05) is 4.90 Å². The Labute approximate surface area is 285 Å². The van der Waals surface area contributed by atoms with Gasteiger partial charge in [0.15, 0.2) is 5.58 Å². The molecule has 2 heteroatoms. The lowest BCUT2D eigenvalue weighted by atomic mass is 9.82. The smallest absolute Gasteiger partial charge is 0.159 e. The van der Waals surface area contributed by atoms with E-state index in [-0.39, 0.29) is 5.41 Å². The van der Waals surface area contributed by atoms with Crippen molar-refractivity contribution in [1.82, 2.24) is 0 Å². The molecule has 0 saturated heterocycles. The molecule has 1 heterocycles. The van der Waals surface area contributed by atoms with Gasteiger partial charge in [-0.3, -0.25) is 0 Å². The van der Waals surface area contributed by atoms with Gasteiger partial charge in [0, 0.05) is 32.9 Å². The van der Waals surface area contributed by atoms with E-state index in [9.17, 15) is 0 Å². The summed E-state index contributed by atoms with van der Waals surface area (Å²) in [5, 5.41) is 7.04. The second-order valence-corrected chi connectivity index (χ2v) is 13.7. The van der Waals surface area contributed by atoms with Crippen molar-refractivity contribution in [2.45, 2.75) is 19.3 Å². The third-order valence-electron chi connectivity index (χ3n) is 10.6. The molecular weight excluding hydrogens is 595 g/mol. The van der Waals surface area contributed by atoms with Crippen molar-refractivity contribution in [2.24, 2.45) is 0 Å². The number of fused-ring (bicyclic) bond motifs is 11. The van der Waals surface area contributed by atoms with Crippen molar-refractivity contribution in [3.63, 3.8) is 0 Å². The van der Waals surface area contributed by atoms with Crippen LogP contribution >= 0.6 is 0 Å². The van der Waals surface area contributed by atoms with Crippen LogP contribution in [0.5, 0.6) is 0 Å². The summed E-state index contributed by atoms with van der Waals surface area (Å²) >= 11 is 0. The van der Waals surface area contributed by atoms with Gasteiger partial charge in [-0.05, 0) is 85.9 Å². The molecule has 1 aromatic heterocycles. The van der Waals surface area contributed by atoms with Crippen LogP contribution in [0, 0.1) is 0 Å². The second kappa shape index (κ2) is 10.4. The summed E-state index contributed by atoms with van der Waals surface area (Å²) in [5.41, 5.74) is 12.5. The van der Waals surface area contributed by atoms with Gasteiger partial charge in [-0.2, -0.15) is 0 Å². The molecule has 2 nitrogen and oxygen atoms in total. The molecule has 0 aliphatic heterocycles. The zero-order chi connectivity index (χ0) is 32.7. The second-order valence-electron chi connectivity index (χ2n) is 13.7. The number of hydrogen-bond donors (Lipinski definition) is 0. The van der Waals surface area contributed by atoms with Gasteiger partial charge in [-0.1, -0.05) is 141 Å². The van der Waals surface area contributed by atoms with Crippen molar-refractivity contribution < 1.29 is 4.42 Å². The number of hydrogen-bond acceptors (Lipinski definition) is 2.